The molecule has 11 heavy (non-hydrogen) atoms. The summed E-state index contributed by atoms with van der Waals surface area (Å²) < 4.78 is 0. The van der Waals surface area contributed by atoms with Crippen LogP contribution in [0, 0.1) is 6.92 Å². The smallest absolute Gasteiger partial charge is 0.337 e. The Morgan fingerprint density at radius 2 is 2.18 bits per heavy atom. The molecule has 56 valence electrons. The Hall–Kier alpha value is -1.51. The van der Waals surface area contributed by atoms with E-state index in [1.807, 2.05) is 13.0 Å². The molecule has 1 aliphatic rings. The van der Waals surface area contributed by atoms with Gasteiger partial charge in [-0.05, 0) is 18.6 Å². The average Bonchev–Trinajstić information content (AvgIpc) is 2.66. The Balaban J connectivity index is 2.57. The highest BCUT2D eigenvalue weighted by molar-refractivity contribution is 6.07. The summed E-state index contributed by atoms with van der Waals surface area (Å²) in [7, 11) is 0. The van der Waals surface area contributed by atoms with Gasteiger partial charge in [0.15, 0.2) is 0 Å². The van der Waals surface area contributed by atoms with Crippen LogP contribution in [-0.2, 0) is 0 Å². The lowest BCUT2D eigenvalue weighted by atomic mass is 10.2. The maximum atomic E-state index is 10.5. The number of rotatable bonds is 1. The highest BCUT2D eigenvalue weighted by Crippen LogP contribution is 2.44. The lowest BCUT2D eigenvalue weighted by Crippen LogP contribution is -1.93. The van der Waals surface area contributed by atoms with Gasteiger partial charge in [0.25, 0.3) is 0 Å². The summed E-state index contributed by atoms with van der Waals surface area (Å²) in [5, 5.41) is 11.6. The van der Waals surface area contributed by atoms with Crippen molar-refractivity contribution in [2.45, 2.75) is 6.92 Å². The van der Waals surface area contributed by atoms with Crippen molar-refractivity contribution in [1.29, 1.82) is 0 Å². The third kappa shape index (κ3) is 0.774. The molecule has 0 saturated heterocycles. The second kappa shape index (κ2) is 1.75. The molecule has 1 aromatic carbocycles. The monoisotopic (exact) mass is 149 g/mol. The van der Waals surface area contributed by atoms with E-state index in [0.717, 1.165) is 16.9 Å². The first kappa shape index (κ1) is 6.22. The summed E-state index contributed by atoms with van der Waals surface area (Å²) in [6.45, 7) is 1.95. The number of fused-ring (bicyclic) bond motifs is 1. The zero-order valence-electron chi connectivity index (χ0n) is 6.01. The normalized spacial score (nSPS) is 11.7. The van der Waals surface area contributed by atoms with E-state index in [2.05, 4.69) is 5.32 Å². The minimum absolute atomic E-state index is 0.366. The first-order chi connectivity index (χ1) is 5.20. The second-order valence-electron chi connectivity index (χ2n) is 2.61. The van der Waals surface area contributed by atoms with Gasteiger partial charge in [-0.15, -0.1) is 0 Å². The van der Waals surface area contributed by atoms with Gasteiger partial charge in [0.2, 0.25) is 0 Å². The van der Waals surface area contributed by atoms with Crippen LogP contribution in [0.1, 0.15) is 15.9 Å². The molecule has 3 heteroatoms. The molecule has 0 atom stereocenters. The number of aromatic carboxylic acids is 1. The number of nitrogens with one attached hydrogen (secondary N) is 1. The molecule has 0 radical (unpaired) electrons. The van der Waals surface area contributed by atoms with E-state index < -0.39 is 5.97 Å². The molecular formula is C8H7NO2. The summed E-state index contributed by atoms with van der Waals surface area (Å²) in [5.41, 5.74) is 3.22. The first-order valence-electron chi connectivity index (χ1n) is 3.34. The number of hydrogen-bond acceptors (Lipinski definition) is 2. The lowest BCUT2D eigenvalue weighted by molar-refractivity contribution is 0.0698. The molecule has 2 rings (SSSR count). The summed E-state index contributed by atoms with van der Waals surface area (Å²) >= 11 is 0. The minimum Gasteiger partial charge on any atom is -0.478 e. The van der Waals surface area contributed by atoms with E-state index in [0.29, 0.717) is 5.56 Å². The Morgan fingerprint density at radius 3 is 2.82 bits per heavy atom. The molecular weight excluding hydrogens is 142 g/mol. The fourth-order valence-corrected chi connectivity index (χ4v) is 1.14. The Bertz CT molecular complexity index is 344. The molecule has 1 aromatic rings. The molecule has 3 nitrogen and oxygen atoms in total. The van der Waals surface area contributed by atoms with Crippen molar-refractivity contribution >= 4 is 17.3 Å². The highest BCUT2D eigenvalue weighted by atomic mass is 16.4. The molecule has 1 aliphatic heterocycles. The topological polar surface area (TPSA) is 59.2 Å². The molecule has 0 aromatic heterocycles. The van der Waals surface area contributed by atoms with Crippen LogP contribution >= 0.6 is 0 Å². The van der Waals surface area contributed by atoms with Crippen LogP contribution in [0.25, 0.3) is 0 Å². The molecule has 0 unspecified atom stereocenters. The van der Waals surface area contributed by atoms with Crippen LogP contribution < -0.4 is 5.32 Å². The summed E-state index contributed by atoms with van der Waals surface area (Å²) in [6.07, 6.45) is 0. The predicted molar refractivity (Wildman–Crippen MR) is 41.4 cm³/mol. The van der Waals surface area contributed by atoms with Gasteiger partial charge in [-0.1, -0.05) is 6.07 Å². The fourth-order valence-electron chi connectivity index (χ4n) is 1.14. The summed E-state index contributed by atoms with van der Waals surface area (Å²) in [5.74, 6) is -0.869. The van der Waals surface area contributed by atoms with Gasteiger partial charge in [0.1, 0.15) is 0 Å². The summed E-state index contributed by atoms with van der Waals surface area (Å²) in [6, 6.07) is 3.43. The number of anilines is 2. The van der Waals surface area contributed by atoms with Gasteiger partial charge >= 0.3 is 5.97 Å². The molecule has 2 N–H and O–H groups in total. The standard InChI is InChI=1S/C8H7NO2/c1-4-2-3-5(8(10)11)7-6(4)9-7/h2-3,9H,1H3,(H,10,11). The van der Waals surface area contributed by atoms with Crippen LogP contribution in [0.5, 0.6) is 0 Å². The van der Waals surface area contributed by atoms with Gasteiger partial charge in [-0.3, -0.25) is 0 Å². The van der Waals surface area contributed by atoms with Gasteiger partial charge in [0, 0.05) is 0 Å². The van der Waals surface area contributed by atoms with Crippen molar-refractivity contribution in [3.05, 3.63) is 23.3 Å². The molecule has 0 spiro atoms. The van der Waals surface area contributed by atoms with Gasteiger partial charge in [-0.25, -0.2) is 4.79 Å². The molecule has 0 fully saturated rings. The fraction of sp³-hybridized carbons (Fsp3) is 0.125. The SMILES string of the molecule is Cc1ccc(C(=O)O)c2c1N2. The van der Waals surface area contributed by atoms with E-state index in [-0.39, 0.29) is 0 Å². The second-order valence-corrected chi connectivity index (χ2v) is 2.61. The van der Waals surface area contributed by atoms with Crippen molar-refractivity contribution in [2.75, 3.05) is 5.32 Å². The molecule has 0 bridgehead atoms. The maximum absolute atomic E-state index is 10.5. The zero-order chi connectivity index (χ0) is 8.01. The van der Waals surface area contributed by atoms with Crippen LogP contribution in [0.2, 0.25) is 0 Å². The lowest BCUT2D eigenvalue weighted by Gasteiger charge is -1.89. The average molecular weight is 149 g/mol. The minimum atomic E-state index is -0.869. The third-order valence-electron chi connectivity index (χ3n) is 1.83. The van der Waals surface area contributed by atoms with Gasteiger partial charge in [0.05, 0.1) is 16.9 Å². The van der Waals surface area contributed by atoms with E-state index in [1.165, 1.54) is 0 Å². The van der Waals surface area contributed by atoms with Crippen molar-refractivity contribution in [2.24, 2.45) is 0 Å². The van der Waals surface area contributed by atoms with Gasteiger partial charge in [-0.2, -0.15) is 0 Å². The first-order valence-corrected chi connectivity index (χ1v) is 3.34. The zero-order valence-corrected chi connectivity index (χ0v) is 6.01. The van der Waals surface area contributed by atoms with Crippen LogP contribution in [0.15, 0.2) is 12.1 Å². The number of carboxylic acid groups (broad SMARTS) is 1. The van der Waals surface area contributed by atoms with Crippen LogP contribution in [0.4, 0.5) is 11.4 Å². The molecule has 0 saturated carbocycles. The number of carboxylic acids is 1. The van der Waals surface area contributed by atoms with Crippen molar-refractivity contribution in [1.82, 2.24) is 0 Å². The number of hydrogen-bond donors (Lipinski definition) is 2. The van der Waals surface area contributed by atoms with E-state index in [9.17, 15) is 4.79 Å². The quantitative estimate of drug-likeness (QED) is 0.607. The molecule has 1 heterocycles. The summed E-state index contributed by atoms with van der Waals surface area (Å²) in [4.78, 5) is 10.5. The van der Waals surface area contributed by atoms with Crippen molar-refractivity contribution < 1.29 is 9.90 Å². The third-order valence-corrected chi connectivity index (χ3v) is 1.83. The Kier molecular flexibility index (Phi) is 0.990. The van der Waals surface area contributed by atoms with Crippen LogP contribution in [-0.4, -0.2) is 11.1 Å². The maximum Gasteiger partial charge on any atom is 0.337 e. The largest absolute Gasteiger partial charge is 0.478 e. The van der Waals surface area contributed by atoms with E-state index in [4.69, 9.17) is 5.11 Å². The van der Waals surface area contributed by atoms with Gasteiger partial charge < -0.3 is 10.4 Å². The number of carbonyl (C=O) groups is 1. The van der Waals surface area contributed by atoms with Crippen molar-refractivity contribution in [3.63, 3.8) is 0 Å². The number of benzene rings is 1. The van der Waals surface area contributed by atoms with Crippen molar-refractivity contribution in [3.8, 4) is 0 Å². The van der Waals surface area contributed by atoms with E-state index in [1.54, 1.807) is 6.07 Å². The molecule has 0 aliphatic carbocycles. The highest BCUT2D eigenvalue weighted by Gasteiger charge is 2.25. The predicted octanol–water partition coefficient (Wildman–Crippen LogP) is 1.75. The number of aryl methyl sites for hydroxylation is 1. The Morgan fingerprint density at radius 1 is 1.45 bits per heavy atom. The molecule has 0 amide bonds. The Labute approximate surface area is 63.7 Å². The van der Waals surface area contributed by atoms with Crippen LogP contribution in [0.3, 0.4) is 0 Å². The van der Waals surface area contributed by atoms with E-state index >= 15 is 0 Å².